The SMILES string of the molecule is Cc1cccc(C)c1CC(=O)c1ccc2c(c1)CNC2. The summed E-state index contributed by atoms with van der Waals surface area (Å²) in [6.07, 6.45) is 0.491. The molecule has 2 aromatic rings. The first kappa shape index (κ1) is 13.1. The normalized spacial score (nSPS) is 13.3. The van der Waals surface area contributed by atoms with E-state index in [4.69, 9.17) is 0 Å². The van der Waals surface area contributed by atoms with Crippen molar-refractivity contribution in [2.75, 3.05) is 0 Å². The maximum absolute atomic E-state index is 12.5. The van der Waals surface area contributed by atoms with Gasteiger partial charge in [-0.15, -0.1) is 0 Å². The van der Waals surface area contributed by atoms with Crippen molar-refractivity contribution >= 4 is 5.78 Å². The molecule has 1 N–H and O–H groups in total. The molecule has 2 heteroatoms. The zero-order valence-electron chi connectivity index (χ0n) is 12.0. The van der Waals surface area contributed by atoms with Gasteiger partial charge in [-0.25, -0.2) is 0 Å². The standard InChI is InChI=1S/C18H19NO/c1-12-4-3-5-13(2)17(12)9-18(20)14-6-7-15-10-19-11-16(15)8-14/h3-8,19H,9-11H2,1-2H3. The van der Waals surface area contributed by atoms with E-state index in [1.54, 1.807) is 0 Å². The van der Waals surface area contributed by atoms with Crippen molar-refractivity contribution < 1.29 is 4.79 Å². The van der Waals surface area contributed by atoms with Crippen molar-refractivity contribution in [3.8, 4) is 0 Å². The molecule has 20 heavy (non-hydrogen) atoms. The van der Waals surface area contributed by atoms with Gasteiger partial charge in [0, 0.05) is 25.1 Å². The van der Waals surface area contributed by atoms with Crippen LogP contribution in [0.4, 0.5) is 0 Å². The van der Waals surface area contributed by atoms with E-state index in [2.05, 4.69) is 37.4 Å². The Morgan fingerprint density at radius 1 is 1.05 bits per heavy atom. The average molecular weight is 265 g/mol. The van der Waals surface area contributed by atoms with Crippen LogP contribution < -0.4 is 5.32 Å². The highest BCUT2D eigenvalue weighted by atomic mass is 16.1. The maximum atomic E-state index is 12.5. The third kappa shape index (κ3) is 2.39. The summed E-state index contributed by atoms with van der Waals surface area (Å²) in [5, 5.41) is 3.31. The van der Waals surface area contributed by atoms with E-state index in [1.807, 2.05) is 18.2 Å². The van der Waals surface area contributed by atoms with Crippen molar-refractivity contribution in [2.24, 2.45) is 0 Å². The molecule has 0 atom stereocenters. The molecule has 3 rings (SSSR count). The van der Waals surface area contributed by atoms with E-state index in [1.165, 1.54) is 22.3 Å². The molecule has 102 valence electrons. The van der Waals surface area contributed by atoms with Crippen LogP contribution in [0.2, 0.25) is 0 Å². The minimum atomic E-state index is 0.206. The Morgan fingerprint density at radius 3 is 2.50 bits per heavy atom. The fraction of sp³-hybridized carbons (Fsp3) is 0.278. The van der Waals surface area contributed by atoms with Crippen LogP contribution in [-0.2, 0) is 19.5 Å². The first-order valence-electron chi connectivity index (χ1n) is 7.06. The third-order valence-corrected chi connectivity index (χ3v) is 4.14. The zero-order valence-corrected chi connectivity index (χ0v) is 12.0. The number of rotatable bonds is 3. The predicted molar refractivity (Wildman–Crippen MR) is 80.9 cm³/mol. The van der Waals surface area contributed by atoms with Crippen molar-refractivity contribution in [3.63, 3.8) is 0 Å². The van der Waals surface area contributed by atoms with Gasteiger partial charge in [0.1, 0.15) is 0 Å². The molecule has 2 aromatic carbocycles. The average Bonchev–Trinajstić information content (AvgIpc) is 2.90. The summed E-state index contributed by atoms with van der Waals surface area (Å²) in [6, 6.07) is 12.3. The Labute approximate surface area is 119 Å². The lowest BCUT2D eigenvalue weighted by Crippen LogP contribution is -2.07. The fourth-order valence-electron chi connectivity index (χ4n) is 2.86. The topological polar surface area (TPSA) is 29.1 Å². The van der Waals surface area contributed by atoms with Gasteiger partial charge in [-0.3, -0.25) is 4.79 Å². The highest BCUT2D eigenvalue weighted by Crippen LogP contribution is 2.20. The molecule has 0 radical (unpaired) electrons. The largest absolute Gasteiger partial charge is 0.309 e. The molecule has 1 heterocycles. The van der Waals surface area contributed by atoms with Crippen molar-refractivity contribution in [2.45, 2.75) is 33.4 Å². The Hall–Kier alpha value is -1.93. The van der Waals surface area contributed by atoms with Crippen LogP contribution in [0.15, 0.2) is 36.4 Å². The summed E-state index contributed by atoms with van der Waals surface area (Å²) < 4.78 is 0. The second kappa shape index (κ2) is 5.22. The number of hydrogen-bond acceptors (Lipinski definition) is 2. The van der Waals surface area contributed by atoms with Crippen LogP contribution in [0.5, 0.6) is 0 Å². The Kier molecular flexibility index (Phi) is 3.41. The minimum Gasteiger partial charge on any atom is -0.309 e. The second-order valence-corrected chi connectivity index (χ2v) is 5.56. The highest BCUT2D eigenvalue weighted by molar-refractivity contribution is 5.98. The van der Waals surface area contributed by atoms with Crippen LogP contribution >= 0.6 is 0 Å². The molecule has 2 nitrogen and oxygen atoms in total. The van der Waals surface area contributed by atoms with Crippen molar-refractivity contribution in [1.82, 2.24) is 5.32 Å². The molecule has 0 aliphatic carbocycles. The van der Waals surface area contributed by atoms with E-state index in [-0.39, 0.29) is 5.78 Å². The van der Waals surface area contributed by atoms with Crippen LogP contribution in [0.1, 0.15) is 38.2 Å². The molecule has 0 amide bonds. The fourth-order valence-corrected chi connectivity index (χ4v) is 2.86. The number of carbonyl (C=O) groups is 1. The summed E-state index contributed by atoms with van der Waals surface area (Å²) >= 11 is 0. The van der Waals surface area contributed by atoms with E-state index in [0.717, 1.165) is 24.2 Å². The molecule has 0 saturated heterocycles. The molecule has 0 unspecified atom stereocenters. The summed E-state index contributed by atoms with van der Waals surface area (Å²) in [6.45, 7) is 5.94. The molecule has 0 bridgehead atoms. The molecule has 1 aliphatic rings. The van der Waals surface area contributed by atoms with E-state index in [9.17, 15) is 4.79 Å². The van der Waals surface area contributed by atoms with Gasteiger partial charge in [-0.2, -0.15) is 0 Å². The molecule has 0 spiro atoms. The smallest absolute Gasteiger partial charge is 0.167 e. The van der Waals surface area contributed by atoms with Gasteiger partial charge in [0.15, 0.2) is 5.78 Å². The van der Waals surface area contributed by atoms with Crippen LogP contribution in [-0.4, -0.2) is 5.78 Å². The number of ketones is 1. The van der Waals surface area contributed by atoms with Gasteiger partial charge in [0.2, 0.25) is 0 Å². The number of benzene rings is 2. The lowest BCUT2D eigenvalue weighted by atomic mass is 9.94. The Bertz CT molecular complexity index is 653. The van der Waals surface area contributed by atoms with Gasteiger partial charge in [0.05, 0.1) is 0 Å². The molecular formula is C18H19NO. The third-order valence-electron chi connectivity index (χ3n) is 4.14. The minimum absolute atomic E-state index is 0.206. The van der Waals surface area contributed by atoms with Gasteiger partial charge in [-0.05, 0) is 47.7 Å². The van der Waals surface area contributed by atoms with Crippen LogP contribution in [0.25, 0.3) is 0 Å². The van der Waals surface area contributed by atoms with E-state index < -0.39 is 0 Å². The van der Waals surface area contributed by atoms with Crippen molar-refractivity contribution in [3.05, 3.63) is 69.8 Å². The van der Waals surface area contributed by atoms with E-state index >= 15 is 0 Å². The number of nitrogens with one attached hydrogen (secondary N) is 1. The molecule has 1 aliphatic heterocycles. The monoisotopic (exact) mass is 265 g/mol. The number of fused-ring (bicyclic) bond motifs is 1. The molecular weight excluding hydrogens is 246 g/mol. The highest BCUT2D eigenvalue weighted by Gasteiger charge is 2.15. The second-order valence-electron chi connectivity index (χ2n) is 5.56. The molecule has 0 aromatic heterocycles. The molecule has 0 saturated carbocycles. The summed E-state index contributed by atoms with van der Waals surface area (Å²) in [7, 11) is 0. The van der Waals surface area contributed by atoms with Gasteiger partial charge >= 0.3 is 0 Å². The van der Waals surface area contributed by atoms with Gasteiger partial charge in [0.25, 0.3) is 0 Å². The number of aryl methyl sites for hydroxylation is 2. The van der Waals surface area contributed by atoms with E-state index in [0.29, 0.717) is 6.42 Å². The number of hydrogen-bond donors (Lipinski definition) is 1. The zero-order chi connectivity index (χ0) is 14.1. The van der Waals surface area contributed by atoms with Crippen LogP contribution in [0, 0.1) is 13.8 Å². The van der Waals surface area contributed by atoms with Crippen molar-refractivity contribution in [1.29, 1.82) is 0 Å². The first-order valence-corrected chi connectivity index (χ1v) is 7.06. The maximum Gasteiger partial charge on any atom is 0.167 e. The number of Topliss-reactive ketones (excluding diaryl/α,β-unsaturated/α-hetero) is 1. The van der Waals surface area contributed by atoms with Gasteiger partial charge in [-0.1, -0.05) is 30.3 Å². The number of carbonyl (C=O) groups excluding carboxylic acids is 1. The lowest BCUT2D eigenvalue weighted by molar-refractivity contribution is 0.0992. The summed E-state index contributed by atoms with van der Waals surface area (Å²) in [5.74, 6) is 0.206. The Balaban J connectivity index is 1.86. The summed E-state index contributed by atoms with van der Waals surface area (Å²) in [4.78, 5) is 12.5. The quantitative estimate of drug-likeness (QED) is 0.862. The predicted octanol–water partition coefficient (Wildman–Crippen LogP) is 3.33. The molecule has 0 fully saturated rings. The summed E-state index contributed by atoms with van der Waals surface area (Å²) in [5.41, 5.74) is 6.96. The van der Waals surface area contributed by atoms with Crippen LogP contribution in [0.3, 0.4) is 0 Å². The van der Waals surface area contributed by atoms with Gasteiger partial charge < -0.3 is 5.32 Å². The lowest BCUT2D eigenvalue weighted by Gasteiger charge is -2.09. The Morgan fingerprint density at radius 2 is 1.75 bits per heavy atom. The first-order chi connectivity index (χ1) is 9.65.